The number of aliphatic hydroxyl groups is 2. The zero-order chi connectivity index (χ0) is 23.2. The van der Waals surface area contributed by atoms with Gasteiger partial charge in [-0.15, -0.1) is 0 Å². The van der Waals surface area contributed by atoms with Crippen LogP contribution < -0.4 is 10.6 Å². The third-order valence-electron chi connectivity index (χ3n) is 6.23. The number of hydrogen-bond acceptors (Lipinski definition) is 8. The van der Waals surface area contributed by atoms with E-state index in [-0.39, 0.29) is 18.2 Å². The van der Waals surface area contributed by atoms with Crippen LogP contribution >= 0.6 is 0 Å². The monoisotopic (exact) mass is 438 g/mol. The molecule has 1 unspecified atom stereocenters. The summed E-state index contributed by atoms with van der Waals surface area (Å²) >= 11 is 0. The van der Waals surface area contributed by atoms with Crippen molar-refractivity contribution in [1.82, 2.24) is 24.8 Å². The zero-order valence-electron chi connectivity index (χ0n) is 18.6. The molecule has 0 aliphatic heterocycles. The van der Waals surface area contributed by atoms with E-state index in [0.717, 1.165) is 11.3 Å². The van der Waals surface area contributed by atoms with Crippen molar-refractivity contribution in [2.75, 3.05) is 19.4 Å². The van der Waals surface area contributed by atoms with Crippen LogP contribution in [0.5, 0.6) is 0 Å². The van der Waals surface area contributed by atoms with Crippen LogP contribution in [-0.4, -0.2) is 61.9 Å². The molecule has 4 atom stereocenters. The first-order chi connectivity index (χ1) is 15.2. The first kappa shape index (κ1) is 21.8. The Bertz CT molecular complexity index is 1230. The number of aromatic nitrogens is 4. The van der Waals surface area contributed by atoms with Gasteiger partial charge in [-0.1, -0.05) is 0 Å². The molecule has 1 aliphatic carbocycles. The van der Waals surface area contributed by atoms with Crippen LogP contribution in [0.2, 0.25) is 0 Å². The van der Waals surface area contributed by atoms with E-state index < -0.39 is 23.7 Å². The fraction of sp³-hybridized carbons (Fsp3) is 0.455. The molecule has 0 saturated heterocycles. The number of rotatable bonds is 3. The molecule has 1 amide bonds. The van der Waals surface area contributed by atoms with Crippen LogP contribution in [0.25, 0.3) is 11.2 Å². The zero-order valence-corrected chi connectivity index (χ0v) is 18.6. The first-order valence-electron chi connectivity index (χ1n) is 10.3. The smallest absolute Gasteiger partial charge is 0.228 e. The van der Waals surface area contributed by atoms with Crippen molar-refractivity contribution in [3.8, 4) is 11.8 Å². The normalized spacial score (nSPS) is 24.9. The summed E-state index contributed by atoms with van der Waals surface area (Å²) in [5, 5.41) is 27.0. The van der Waals surface area contributed by atoms with Gasteiger partial charge < -0.3 is 29.8 Å². The van der Waals surface area contributed by atoms with Crippen LogP contribution in [0.1, 0.15) is 42.3 Å². The topological polar surface area (TPSA) is 138 Å². The number of carbonyl (C=O) groups excluding carboxylic acids is 1. The maximum absolute atomic E-state index is 12.4. The van der Waals surface area contributed by atoms with Crippen molar-refractivity contribution < 1.29 is 19.4 Å². The van der Waals surface area contributed by atoms with E-state index in [2.05, 4.69) is 37.4 Å². The van der Waals surface area contributed by atoms with Gasteiger partial charge in [-0.2, -0.15) is 0 Å². The molecule has 4 rings (SSSR count). The van der Waals surface area contributed by atoms with E-state index in [1.165, 1.54) is 13.4 Å². The van der Waals surface area contributed by atoms with Gasteiger partial charge in [0.15, 0.2) is 22.7 Å². The minimum atomic E-state index is -1.24. The summed E-state index contributed by atoms with van der Waals surface area (Å²) in [5.41, 5.74) is 0.801. The van der Waals surface area contributed by atoms with Crippen molar-refractivity contribution in [1.29, 1.82) is 0 Å². The Morgan fingerprint density at radius 3 is 2.66 bits per heavy atom. The van der Waals surface area contributed by atoms with Crippen LogP contribution in [-0.2, 0) is 4.79 Å². The lowest BCUT2D eigenvalue weighted by Gasteiger charge is -2.26. The number of anilines is 1. The van der Waals surface area contributed by atoms with Gasteiger partial charge in [0.1, 0.15) is 11.9 Å². The Balaban J connectivity index is 1.77. The number of nitrogens with one attached hydrogen (secondary N) is 2. The highest BCUT2D eigenvalue weighted by molar-refractivity contribution is 5.85. The molecule has 3 aromatic heterocycles. The van der Waals surface area contributed by atoms with Gasteiger partial charge in [0.05, 0.1) is 23.9 Å². The van der Waals surface area contributed by atoms with Crippen molar-refractivity contribution in [2.45, 2.75) is 45.4 Å². The van der Waals surface area contributed by atoms with Gasteiger partial charge in [0, 0.05) is 14.1 Å². The van der Waals surface area contributed by atoms with Crippen molar-refractivity contribution >= 4 is 22.9 Å². The number of aliphatic hydroxyl groups excluding tert-OH is 2. The Morgan fingerprint density at radius 1 is 1.28 bits per heavy atom. The van der Waals surface area contributed by atoms with E-state index >= 15 is 0 Å². The van der Waals surface area contributed by atoms with Crippen molar-refractivity contribution in [3.05, 3.63) is 35.3 Å². The van der Waals surface area contributed by atoms with Gasteiger partial charge >= 0.3 is 0 Å². The van der Waals surface area contributed by atoms with Gasteiger partial charge in [0.25, 0.3) is 0 Å². The average Bonchev–Trinajstić information content (AvgIpc) is 3.42. The fourth-order valence-electron chi connectivity index (χ4n) is 4.18. The fourth-order valence-corrected chi connectivity index (χ4v) is 4.18. The molecule has 3 heterocycles. The number of furan rings is 1. The Morgan fingerprint density at radius 2 is 2.03 bits per heavy atom. The van der Waals surface area contributed by atoms with E-state index in [0.29, 0.717) is 22.7 Å². The van der Waals surface area contributed by atoms with E-state index in [1.54, 1.807) is 18.5 Å². The minimum Gasteiger partial charge on any atom is -0.453 e. The molecular weight excluding hydrogens is 412 g/mol. The summed E-state index contributed by atoms with van der Waals surface area (Å²) in [5.74, 6) is 7.55. The molecule has 32 heavy (non-hydrogen) atoms. The second-order valence-electron chi connectivity index (χ2n) is 8.27. The lowest BCUT2D eigenvalue weighted by atomic mass is 9.85. The Hall–Kier alpha value is -3.42. The molecule has 0 aromatic carbocycles. The number of aryl methyl sites for hydroxylation is 2. The molecule has 10 heteroatoms. The molecular formula is C22H26N6O4. The van der Waals surface area contributed by atoms with E-state index in [9.17, 15) is 15.0 Å². The first-order valence-corrected chi connectivity index (χ1v) is 10.3. The number of nitrogens with zero attached hydrogens (tertiary/aromatic N) is 4. The third kappa shape index (κ3) is 3.39. The molecule has 168 valence electrons. The molecule has 0 spiro atoms. The Labute approximate surface area is 185 Å². The maximum atomic E-state index is 12.4. The highest BCUT2D eigenvalue weighted by Gasteiger charge is 2.54. The highest BCUT2D eigenvalue weighted by Crippen LogP contribution is 2.45. The summed E-state index contributed by atoms with van der Waals surface area (Å²) in [6.45, 7) is 5.45. The highest BCUT2D eigenvalue weighted by atomic mass is 16.3. The molecule has 1 fully saturated rings. The molecule has 1 saturated carbocycles. The largest absolute Gasteiger partial charge is 0.453 e. The molecule has 3 aromatic rings. The second kappa shape index (κ2) is 7.93. The van der Waals surface area contributed by atoms with Crippen LogP contribution in [0.4, 0.5) is 5.82 Å². The van der Waals surface area contributed by atoms with Gasteiger partial charge in [-0.25, -0.2) is 15.0 Å². The lowest BCUT2D eigenvalue weighted by Crippen LogP contribution is -2.45. The van der Waals surface area contributed by atoms with Crippen LogP contribution in [0, 0.1) is 31.1 Å². The SMILES string of the molecule is CNC(=O)C1(C)C[C@@H](n2cnc3c(NC)nc(C#Cc4cc(C)c(C)o4)nc32)[C@H](O)[C@@H]1O. The second-order valence-corrected chi connectivity index (χ2v) is 8.27. The van der Waals surface area contributed by atoms with Gasteiger partial charge in [-0.3, -0.25) is 4.79 Å². The maximum Gasteiger partial charge on any atom is 0.228 e. The van der Waals surface area contributed by atoms with Crippen molar-refractivity contribution in [2.24, 2.45) is 5.41 Å². The molecule has 0 radical (unpaired) electrons. The third-order valence-corrected chi connectivity index (χ3v) is 6.23. The predicted molar refractivity (Wildman–Crippen MR) is 117 cm³/mol. The predicted octanol–water partition coefficient (Wildman–Crippen LogP) is 0.897. The Kier molecular flexibility index (Phi) is 5.40. The molecule has 4 N–H and O–H groups in total. The van der Waals surface area contributed by atoms with E-state index in [1.807, 2.05) is 19.9 Å². The number of imidazole rings is 1. The number of carbonyl (C=O) groups is 1. The summed E-state index contributed by atoms with van der Waals surface area (Å²) < 4.78 is 7.26. The minimum absolute atomic E-state index is 0.214. The number of hydrogen-bond donors (Lipinski definition) is 4. The summed E-state index contributed by atoms with van der Waals surface area (Å²) in [4.78, 5) is 25.8. The molecule has 1 aliphatic rings. The van der Waals surface area contributed by atoms with Crippen LogP contribution in [0.3, 0.4) is 0 Å². The molecule has 10 nitrogen and oxygen atoms in total. The number of fused-ring (bicyclic) bond motifs is 1. The van der Waals surface area contributed by atoms with Crippen LogP contribution in [0.15, 0.2) is 16.8 Å². The van der Waals surface area contributed by atoms with Crippen molar-refractivity contribution in [3.63, 3.8) is 0 Å². The van der Waals surface area contributed by atoms with E-state index in [4.69, 9.17) is 4.42 Å². The summed E-state index contributed by atoms with van der Waals surface area (Å²) in [7, 11) is 3.22. The number of amides is 1. The van der Waals surface area contributed by atoms with Gasteiger partial charge in [0.2, 0.25) is 11.7 Å². The standard InChI is InChI=1S/C22H26N6O4/c1-11-8-13(32-12(11)2)6-7-15-26-19(23-4)16-20(27-15)28(10-25-16)14-9-22(3,21(31)24-5)18(30)17(14)29/h8,10,14,17-18,29-30H,9H2,1-5H3,(H,24,31)(H,23,26,27)/t14-,17+,18+,22?/m1/s1. The summed E-state index contributed by atoms with van der Waals surface area (Å²) in [6.07, 6.45) is -0.662. The average molecular weight is 438 g/mol. The molecule has 0 bridgehead atoms. The van der Waals surface area contributed by atoms with Gasteiger partial charge in [-0.05, 0) is 50.7 Å². The lowest BCUT2D eigenvalue weighted by molar-refractivity contribution is -0.136. The summed E-state index contributed by atoms with van der Waals surface area (Å²) in [6, 6.07) is 1.24. The quantitative estimate of drug-likeness (QED) is 0.443.